The summed E-state index contributed by atoms with van der Waals surface area (Å²) in [5.41, 5.74) is 0. The molecule has 0 unspecified atom stereocenters. The lowest BCUT2D eigenvalue weighted by atomic mass is 10.4. The van der Waals surface area contributed by atoms with Crippen LogP contribution in [-0.2, 0) is 16.4 Å². The van der Waals surface area contributed by atoms with E-state index in [4.69, 9.17) is 16.1 Å². The van der Waals surface area contributed by atoms with E-state index in [1.54, 1.807) is 0 Å². The fourth-order valence-electron chi connectivity index (χ4n) is 1.27. The quantitative estimate of drug-likeness (QED) is 0.802. The highest BCUT2D eigenvalue weighted by Crippen LogP contribution is 2.22. The highest BCUT2D eigenvalue weighted by atomic mass is 79.9. The average Bonchev–Trinajstić information content (AvgIpc) is 2.85. The number of hydrogen-bond donors (Lipinski definition) is 1. The predicted octanol–water partition coefficient (Wildman–Crippen LogP) is 1.40. The van der Waals surface area contributed by atoms with Crippen molar-refractivity contribution in [2.75, 3.05) is 6.54 Å². The molecule has 2 heterocycles. The van der Waals surface area contributed by atoms with Crippen LogP contribution in [0.3, 0.4) is 0 Å². The van der Waals surface area contributed by atoms with E-state index < -0.39 is 10.0 Å². The van der Waals surface area contributed by atoms with Crippen molar-refractivity contribution >= 4 is 37.6 Å². The minimum atomic E-state index is -3.73. The maximum atomic E-state index is 12.0. The average molecular weight is 368 g/mol. The molecule has 0 saturated heterocycles. The number of nitrogens with one attached hydrogen (secondary N) is 1. The number of rotatable bonds is 5. The zero-order valence-electron chi connectivity index (χ0n) is 9.38. The van der Waals surface area contributed by atoms with E-state index in [1.165, 1.54) is 18.6 Å². The maximum absolute atomic E-state index is 12.0. The molecule has 0 amide bonds. The first-order chi connectivity index (χ1) is 8.99. The molecule has 0 saturated carbocycles. The van der Waals surface area contributed by atoms with E-state index in [9.17, 15) is 8.42 Å². The number of hydrogen-bond acceptors (Lipinski definition) is 6. The lowest BCUT2D eigenvalue weighted by Crippen LogP contribution is -2.26. The standard InChI is InChI=1S/C9H8BrClN4O3S/c10-6-3-7(9(11)12-4-6)19(16,17)15-2-1-8-13-5-14-18-8/h3-5,15H,1-2H2. The van der Waals surface area contributed by atoms with E-state index in [0.29, 0.717) is 10.4 Å². The fourth-order valence-corrected chi connectivity index (χ4v) is 3.24. The summed E-state index contributed by atoms with van der Waals surface area (Å²) in [5, 5.41) is 3.33. The Morgan fingerprint density at radius 2 is 2.21 bits per heavy atom. The second kappa shape index (κ2) is 5.95. The molecule has 0 aliphatic rings. The molecule has 7 nitrogen and oxygen atoms in total. The third kappa shape index (κ3) is 3.72. The van der Waals surface area contributed by atoms with Crippen LogP contribution >= 0.6 is 27.5 Å². The fraction of sp³-hybridized carbons (Fsp3) is 0.222. The van der Waals surface area contributed by atoms with Crippen LogP contribution in [0.15, 0.2) is 32.5 Å². The van der Waals surface area contributed by atoms with Crippen LogP contribution in [0.5, 0.6) is 0 Å². The van der Waals surface area contributed by atoms with Crippen LogP contribution in [-0.4, -0.2) is 30.1 Å². The molecule has 1 N–H and O–H groups in total. The lowest BCUT2D eigenvalue weighted by Gasteiger charge is -2.07. The second-order valence-corrected chi connectivity index (χ2v) is 6.43. The Bertz CT molecular complexity index is 662. The largest absolute Gasteiger partial charge is 0.340 e. The van der Waals surface area contributed by atoms with Gasteiger partial charge in [0.2, 0.25) is 15.9 Å². The van der Waals surface area contributed by atoms with Gasteiger partial charge in [-0.25, -0.2) is 18.1 Å². The first-order valence-electron chi connectivity index (χ1n) is 5.05. The van der Waals surface area contributed by atoms with E-state index >= 15 is 0 Å². The molecule has 0 atom stereocenters. The molecule has 2 aromatic heterocycles. The van der Waals surface area contributed by atoms with E-state index in [1.807, 2.05) is 0 Å². The smallest absolute Gasteiger partial charge is 0.243 e. The molecular weight excluding hydrogens is 360 g/mol. The minimum Gasteiger partial charge on any atom is -0.340 e. The summed E-state index contributed by atoms with van der Waals surface area (Å²) in [7, 11) is -3.73. The third-order valence-electron chi connectivity index (χ3n) is 2.10. The molecular formula is C9H8BrClN4O3S. The van der Waals surface area contributed by atoms with Crippen LogP contribution in [0.1, 0.15) is 5.89 Å². The van der Waals surface area contributed by atoms with Crippen molar-refractivity contribution in [1.29, 1.82) is 0 Å². The highest BCUT2D eigenvalue weighted by molar-refractivity contribution is 9.10. The molecule has 0 aliphatic heterocycles. The summed E-state index contributed by atoms with van der Waals surface area (Å²) in [4.78, 5) is 7.45. The van der Waals surface area contributed by atoms with Gasteiger partial charge in [-0.05, 0) is 22.0 Å². The van der Waals surface area contributed by atoms with Crippen molar-refractivity contribution in [2.45, 2.75) is 11.3 Å². The maximum Gasteiger partial charge on any atom is 0.243 e. The SMILES string of the molecule is O=S(=O)(NCCc1ncno1)c1cc(Br)cnc1Cl. The molecule has 2 rings (SSSR count). The summed E-state index contributed by atoms with van der Waals surface area (Å²) in [6, 6.07) is 1.38. The zero-order valence-corrected chi connectivity index (χ0v) is 12.5. The van der Waals surface area contributed by atoms with Crippen LogP contribution in [0.25, 0.3) is 0 Å². The monoisotopic (exact) mass is 366 g/mol. The number of halogens is 2. The molecule has 0 spiro atoms. The number of pyridine rings is 1. The highest BCUT2D eigenvalue weighted by Gasteiger charge is 2.19. The topological polar surface area (TPSA) is 98.0 Å². The van der Waals surface area contributed by atoms with Gasteiger partial charge in [0.1, 0.15) is 10.0 Å². The number of aromatic nitrogens is 3. The van der Waals surface area contributed by atoms with Crippen molar-refractivity contribution in [3.8, 4) is 0 Å². The number of sulfonamides is 1. The molecule has 0 aromatic carbocycles. The Labute approximate surface area is 122 Å². The molecule has 0 aliphatic carbocycles. The minimum absolute atomic E-state index is 0.0888. The lowest BCUT2D eigenvalue weighted by molar-refractivity contribution is 0.377. The second-order valence-electron chi connectivity index (χ2n) is 3.43. The summed E-state index contributed by atoms with van der Waals surface area (Å²) >= 11 is 8.91. The summed E-state index contributed by atoms with van der Waals surface area (Å²) in [6.07, 6.45) is 2.96. The Morgan fingerprint density at radius 1 is 1.42 bits per heavy atom. The van der Waals surface area contributed by atoms with Crippen LogP contribution in [0.2, 0.25) is 5.15 Å². The molecule has 0 fully saturated rings. The van der Waals surface area contributed by atoms with Crippen LogP contribution < -0.4 is 4.72 Å². The molecule has 0 bridgehead atoms. The van der Waals surface area contributed by atoms with Gasteiger partial charge < -0.3 is 4.52 Å². The van der Waals surface area contributed by atoms with Crippen molar-refractivity contribution in [3.63, 3.8) is 0 Å². The zero-order chi connectivity index (χ0) is 13.9. The first-order valence-corrected chi connectivity index (χ1v) is 7.71. The Kier molecular flexibility index (Phi) is 4.50. The van der Waals surface area contributed by atoms with E-state index in [0.717, 1.165) is 0 Å². The summed E-state index contributed by atoms with van der Waals surface area (Å²) < 4.78 is 31.7. The Balaban J connectivity index is 2.07. The molecule has 19 heavy (non-hydrogen) atoms. The molecule has 102 valence electrons. The van der Waals surface area contributed by atoms with Gasteiger partial charge in [0, 0.05) is 23.6 Å². The van der Waals surface area contributed by atoms with Crippen LogP contribution in [0.4, 0.5) is 0 Å². The summed E-state index contributed by atoms with van der Waals surface area (Å²) in [6.45, 7) is 0.118. The van der Waals surface area contributed by atoms with Gasteiger partial charge in [0.25, 0.3) is 0 Å². The Hall–Kier alpha value is -1.03. The normalized spacial score (nSPS) is 11.7. The van der Waals surface area contributed by atoms with Gasteiger partial charge >= 0.3 is 0 Å². The predicted molar refractivity (Wildman–Crippen MR) is 70.1 cm³/mol. The van der Waals surface area contributed by atoms with Gasteiger partial charge in [0.15, 0.2) is 6.33 Å². The molecule has 2 aromatic rings. The van der Waals surface area contributed by atoms with Crippen molar-refractivity contribution in [3.05, 3.63) is 34.1 Å². The van der Waals surface area contributed by atoms with Gasteiger partial charge in [-0.2, -0.15) is 4.98 Å². The van der Waals surface area contributed by atoms with Gasteiger partial charge in [0.05, 0.1) is 0 Å². The van der Waals surface area contributed by atoms with Crippen molar-refractivity contribution in [2.24, 2.45) is 0 Å². The van der Waals surface area contributed by atoms with E-state index in [-0.39, 0.29) is 23.0 Å². The van der Waals surface area contributed by atoms with Gasteiger partial charge in [-0.15, -0.1) is 0 Å². The summed E-state index contributed by atoms with van der Waals surface area (Å²) in [5.74, 6) is 0.348. The van der Waals surface area contributed by atoms with Crippen molar-refractivity contribution in [1.82, 2.24) is 19.8 Å². The molecule has 0 radical (unpaired) electrons. The number of nitrogens with zero attached hydrogens (tertiary/aromatic N) is 3. The van der Waals surface area contributed by atoms with Crippen LogP contribution in [0, 0.1) is 0 Å². The van der Waals surface area contributed by atoms with Gasteiger partial charge in [-0.1, -0.05) is 16.8 Å². The van der Waals surface area contributed by atoms with E-state index in [2.05, 4.69) is 35.8 Å². The Morgan fingerprint density at radius 3 is 2.89 bits per heavy atom. The molecule has 10 heteroatoms. The third-order valence-corrected chi connectivity index (χ3v) is 4.42. The van der Waals surface area contributed by atoms with Crippen molar-refractivity contribution < 1.29 is 12.9 Å². The van der Waals surface area contributed by atoms with Gasteiger partial charge in [-0.3, -0.25) is 0 Å². The first kappa shape index (κ1) is 14.4.